The standard InChI is InChI=1S/C21H19FN2O2/c1-11-7-14-16(8-12(11)2)24-20(25)19(14)17-9-15(21(3,4)26-17)13-5-6-18(22)23-10-13/h5-10H,1-4H3,(H,24,25)/b19-17+. The first-order valence-electron chi connectivity index (χ1n) is 8.46. The zero-order chi connectivity index (χ0) is 18.6. The van der Waals surface area contributed by atoms with Gasteiger partial charge in [-0.15, -0.1) is 0 Å². The molecule has 132 valence electrons. The SMILES string of the molecule is Cc1cc2c(cc1C)/C(=C1/C=C(c3ccc(F)nc3)C(C)(C)O1)C(=O)N2. The molecule has 0 spiro atoms. The molecule has 0 unspecified atom stereocenters. The number of halogens is 1. The van der Waals surface area contributed by atoms with Crippen LogP contribution in [-0.4, -0.2) is 16.5 Å². The number of amides is 1. The molecule has 4 rings (SSSR count). The summed E-state index contributed by atoms with van der Waals surface area (Å²) in [6, 6.07) is 6.97. The third kappa shape index (κ3) is 2.51. The van der Waals surface area contributed by atoms with E-state index in [9.17, 15) is 9.18 Å². The van der Waals surface area contributed by atoms with Gasteiger partial charge in [-0.2, -0.15) is 4.39 Å². The van der Waals surface area contributed by atoms with E-state index in [0.717, 1.165) is 33.5 Å². The maximum atomic E-state index is 13.2. The molecule has 0 aliphatic carbocycles. The van der Waals surface area contributed by atoms with Crippen molar-refractivity contribution in [3.63, 3.8) is 0 Å². The van der Waals surface area contributed by atoms with Crippen LogP contribution in [0.5, 0.6) is 0 Å². The van der Waals surface area contributed by atoms with E-state index in [1.165, 1.54) is 12.3 Å². The summed E-state index contributed by atoms with van der Waals surface area (Å²) in [4.78, 5) is 16.3. The van der Waals surface area contributed by atoms with Crippen molar-refractivity contribution in [3.05, 3.63) is 70.5 Å². The molecule has 2 aliphatic heterocycles. The second kappa shape index (κ2) is 5.53. The van der Waals surface area contributed by atoms with Gasteiger partial charge in [0.2, 0.25) is 5.95 Å². The van der Waals surface area contributed by atoms with E-state index in [1.54, 1.807) is 6.07 Å². The average molecular weight is 350 g/mol. The number of carbonyl (C=O) groups excluding carboxylic acids is 1. The molecule has 0 atom stereocenters. The Morgan fingerprint density at radius 3 is 2.58 bits per heavy atom. The molecule has 2 aliphatic rings. The van der Waals surface area contributed by atoms with Crippen LogP contribution in [-0.2, 0) is 9.53 Å². The Bertz CT molecular complexity index is 1000. The lowest BCUT2D eigenvalue weighted by atomic mass is 9.93. The summed E-state index contributed by atoms with van der Waals surface area (Å²) in [5.41, 5.74) is 5.39. The third-order valence-corrected chi connectivity index (χ3v) is 4.95. The highest BCUT2D eigenvalue weighted by Crippen LogP contribution is 2.44. The van der Waals surface area contributed by atoms with Crippen molar-refractivity contribution in [3.8, 4) is 0 Å². The van der Waals surface area contributed by atoms with Crippen LogP contribution in [0.4, 0.5) is 10.1 Å². The van der Waals surface area contributed by atoms with Crippen LogP contribution in [0, 0.1) is 19.8 Å². The van der Waals surface area contributed by atoms with E-state index in [-0.39, 0.29) is 5.91 Å². The number of aryl methyl sites for hydroxylation is 2. The number of anilines is 1. The Morgan fingerprint density at radius 2 is 1.88 bits per heavy atom. The second-order valence-corrected chi connectivity index (χ2v) is 7.22. The van der Waals surface area contributed by atoms with Crippen molar-refractivity contribution in [1.29, 1.82) is 0 Å². The van der Waals surface area contributed by atoms with E-state index in [0.29, 0.717) is 11.3 Å². The van der Waals surface area contributed by atoms with Gasteiger partial charge in [0.1, 0.15) is 11.4 Å². The first kappa shape index (κ1) is 16.5. The summed E-state index contributed by atoms with van der Waals surface area (Å²) in [6.45, 7) is 7.88. The van der Waals surface area contributed by atoms with Gasteiger partial charge in [0.05, 0.1) is 5.57 Å². The minimum absolute atomic E-state index is 0.175. The number of nitrogens with zero attached hydrogens (tertiary/aromatic N) is 1. The lowest BCUT2D eigenvalue weighted by Crippen LogP contribution is -2.21. The molecule has 0 bridgehead atoms. The molecule has 5 heteroatoms. The number of nitrogens with one attached hydrogen (secondary N) is 1. The molecular weight excluding hydrogens is 331 g/mol. The summed E-state index contributed by atoms with van der Waals surface area (Å²) in [6.07, 6.45) is 3.34. The first-order valence-corrected chi connectivity index (χ1v) is 8.46. The van der Waals surface area contributed by atoms with Crippen LogP contribution < -0.4 is 5.32 Å². The van der Waals surface area contributed by atoms with Crippen LogP contribution in [0.1, 0.15) is 36.1 Å². The average Bonchev–Trinajstić information content (AvgIpc) is 3.04. The van der Waals surface area contributed by atoms with E-state index < -0.39 is 11.5 Å². The lowest BCUT2D eigenvalue weighted by Gasteiger charge is -2.23. The van der Waals surface area contributed by atoms with Crippen molar-refractivity contribution in [2.45, 2.75) is 33.3 Å². The van der Waals surface area contributed by atoms with Crippen molar-refractivity contribution in [2.75, 3.05) is 5.32 Å². The minimum Gasteiger partial charge on any atom is -0.482 e. The van der Waals surface area contributed by atoms with E-state index in [2.05, 4.69) is 10.3 Å². The topological polar surface area (TPSA) is 51.2 Å². The van der Waals surface area contributed by atoms with Gasteiger partial charge in [-0.25, -0.2) is 4.98 Å². The number of carbonyl (C=O) groups is 1. The molecule has 3 heterocycles. The molecule has 1 amide bonds. The van der Waals surface area contributed by atoms with Gasteiger partial charge in [0.25, 0.3) is 5.91 Å². The van der Waals surface area contributed by atoms with Gasteiger partial charge in [-0.3, -0.25) is 4.79 Å². The van der Waals surface area contributed by atoms with Crippen LogP contribution in [0.3, 0.4) is 0 Å². The Hall–Kier alpha value is -2.95. The molecule has 0 radical (unpaired) electrons. The highest BCUT2D eigenvalue weighted by Gasteiger charge is 2.38. The zero-order valence-corrected chi connectivity index (χ0v) is 15.1. The quantitative estimate of drug-likeness (QED) is 0.613. The van der Waals surface area contributed by atoms with Crippen LogP contribution >= 0.6 is 0 Å². The number of allylic oxidation sites excluding steroid dienone is 1. The first-order chi connectivity index (χ1) is 12.3. The Labute approximate surface area is 151 Å². The van der Waals surface area contributed by atoms with Gasteiger partial charge in [0, 0.05) is 28.6 Å². The van der Waals surface area contributed by atoms with Crippen LogP contribution in [0.2, 0.25) is 0 Å². The monoisotopic (exact) mass is 350 g/mol. The van der Waals surface area contributed by atoms with Crippen LogP contribution in [0.25, 0.3) is 11.1 Å². The van der Waals surface area contributed by atoms with Gasteiger partial charge in [-0.05, 0) is 69.2 Å². The number of fused-ring (bicyclic) bond motifs is 1. The smallest absolute Gasteiger partial charge is 0.260 e. The van der Waals surface area contributed by atoms with Gasteiger partial charge < -0.3 is 10.1 Å². The number of pyridine rings is 1. The number of hydrogen-bond donors (Lipinski definition) is 1. The molecule has 4 nitrogen and oxygen atoms in total. The molecule has 2 aromatic rings. The summed E-state index contributed by atoms with van der Waals surface area (Å²) >= 11 is 0. The summed E-state index contributed by atoms with van der Waals surface area (Å²) in [5.74, 6) is -0.182. The van der Waals surface area contributed by atoms with E-state index in [4.69, 9.17) is 4.74 Å². The normalized spacial score (nSPS) is 20.5. The zero-order valence-electron chi connectivity index (χ0n) is 15.1. The molecule has 0 saturated carbocycles. The third-order valence-electron chi connectivity index (χ3n) is 4.95. The predicted octanol–water partition coefficient (Wildman–Crippen LogP) is 4.39. The fourth-order valence-electron chi connectivity index (χ4n) is 3.43. The molecule has 1 aromatic carbocycles. The van der Waals surface area contributed by atoms with Crippen LogP contribution in [0.15, 0.2) is 42.3 Å². The molecular formula is C21H19FN2O2. The van der Waals surface area contributed by atoms with Gasteiger partial charge in [-0.1, -0.05) is 0 Å². The fourth-order valence-corrected chi connectivity index (χ4v) is 3.43. The highest BCUT2D eigenvalue weighted by atomic mass is 19.1. The Kier molecular flexibility index (Phi) is 3.51. The highest BCUT2D eigenvalue weighted by molar-refractivity contribution is 6.32. The number of benzene rings is 1. The lowest BCUT2D eigenvalue weighted by molar-refractivity contribution is -0.111. The molecule has 26 heavy (non-hydrogen) atoms. The maximum Gasteiger partial charge on any atom is 0.260 e. The predicted molar refractivity (Wildman–Crippen MR) is 98.8 cm³/mol. The second-order valence-electron chi connectivity index (χ2n) is 7.22. The number of ether oxygens (including phenoxy) is 1. The number of aromatic nitrogens is 1. The van der Waals surface area contributed by atoms with Gasteiger partial charge >= 0.3 is 0 Å². The maximum absolute atomic E-state index is 13.2. The molecule has 1 aromatic heterocycles. The minimum atomic E-state index is -0.648. The summed E-state index contributed by atoms with van der Waals surface area (Å²) in [5, 5.41) is 2.91. The largest absolute Gasteiger partial charge is 0.482 e. The molecule has 0 saturated heterocycles. The summed E-state index contributed by atoms with van der Waals surface area (Å²) < 4.78 is 19.3. The van der Waals surface area contributed by atoms with E-state index in [1.807, 2.05) is 45.9 Å². The number of rotatable bonds is 1. The Balaban J connectivity index is 1.88. The van der Waals surface area contributed by atoms with E-state index >= 15 is 0 Å². The number of hydrogen-bond acceptors (Lipinski definition) is 3. The van der Waals surface area contributed by atoms with Crippen molar-refractivity contribution in [1.82, 2.24) is 4.98 Å². The van der Waals surface area contributed by atoms with Crippen molar-refractivity contribution in [2.24, 2.45) is 0 Å². The van der Waals surface area contributed by atoms with Gasteiger partial charge in [0.15, 0.2) is 0 Å². The van der Waals surface area contributed by atoms with Crippen molar-refractivity contribution >= 4 is 22.7 Å². The Morgan fingerprint density at radius 1 is 1.15 bits per heavy atom. The summed E-state index contributed by atoms with van der Waals surface area (Å²) in [7, 11) is 0. The molecule has 1 N–H and O–H groups in total. The fraction of sp³-hybridized carbons (Fsp3) is 0.238. The molecule has 0 fully saturated rings. The van der Waals surface area contributed by atoms with Crippen molar-refractivity contribution < 1.29 is 13.9 Å².